The highest BCUT2D eigenvalue weighted by Gasteiger charge is 2.35. The lowest BCUT2D eigenvalue weighted by Gasteiger charge is -2.40. The zero-order valence-electron chi connectivity index (χ0n) is 16.3. The molecule has 1 aromatic heterocycles. The van der Waals surface area contributed by atoms with Crippen LogP contribution < -0.4 is 5.69 Å². The number of benzene rings is 1. The van der Waals surface area contributed by atoms with E-state index in [-0.39, 0.29) is 21.7 Å². The van der Waals surface area contributed by atoms with Gasteiger partial charge in [-0.3, -0.25) is 4.57 Å². The zero-order chi connectivity index (χ0) is 20.8. The Kier molecular flexibility index (Phi) is 5.83. The molecule has 2 aromatic rings. The molecule has 4 rings (SSSR count). The monoisotopic (exact) mass is 475 g/mol. The Hall–Kier alpha value is -1.32. The summed E-state index contributed by atoms with van der Waals surface area (Å²) in [6.07, 6.45) is 1.95. The third-order valence-electron chi connectivity index (χ3n) is 6.47. The van der Waals surface area contributed by atoms with E-state index in [0.717, 1.165) is 57.7 Å². The van der Waals surface area contributed by atoms with Crippen LogP contribution in [0.4, 0.5) is 13.2 Å². The van der Waals surface area contributed by atoms with Gasteiger partial charge in [-0.05, 0) is 50.7 Å². The molecule has 0 radical (unpaired) electrons. The molecule has 0 bridgehead atoms. The number of piperidine rings is 1. The van der Waals surface area contributed by atoms with Crippen LogP contribution in [-0.2, 0) is 10.9 Å². The lowest BCUT2D eigenvalue weighted by molar-refractivity contribution is -0.138. The maximum Gasteiger partial charge on any atom is 0.417 e. The third kappa shape index (κ3) is 4.14. The van der Waals surface area contributed by atoms with Crippen LogP contribution in [0, 0.1) is 0 Å². The minimum Gasteiger partial charge on any atom is -0.381 e. The number of alkyl halides is 3. The van der Waals surface area contributed by atoms with Crippen molar-refractivity contribution in [2.24, 2.45) is 0 Å². The molecule has 1 aromatic carbocycles. The maximum absolute atomic E-state index is 13.2. The Balaban J connectivity index is 1.51. The van der Waals surface area contributed by atoms with Crippen LogP contribution in [0.3, 0.4) is 0 Å². The molecule has 2 heterocycles. The summed E-state index contributed by atoms with van der Waals surface area (Å²) in [4.78, 5) is 17.7. The predicted octanol–water partition coefficient (Wildman–Crippen LogP) is 4.71. The van der Waals surface area contributed by atoms with E-state index in [4.69, 9.17) is 4.74 Å². The number of rotatable bonds is 3. The number of aromatic nitrogens is 2. The van der Waals surface area contributed by atoms with Crippen molar-refractivity contribution in [3.8, 4) is 0 Å². The Morgan fingerprint density at radius 2 is 1.72 bits per heavy atom. The molecule has 0 spiro atoms. The fourth-order valence-electron chi connectivity index (χ4n) is 4.88. The van der Waals surface area contributed by atoms with E-state index in [9.17, 15) is 18.0 Å². The lowest BCUT2D eigenvalue weighted by atomic mass is 9.90. The van der Waals surface area contributed by atoms with Crippen LogP contribution in [0.25, 0.3) is 11.0 Å². The number of H-pyrrole nitrogens is 1. The van der Waals surface area contributed by atoms with Crippen molar-refractivity contribution in [2.75, 3.05) is 20.2 Å². The largest absolute Gasteiger partial charge is 0.417 e. The summed E-state index contributed by atoms with van der Waals surface area (Å²) < 4.78 is 46.5. The Morgan fingerprint density at radius 1 is 1.07 bits per heavy atom. The number of fused-ring (bicyclic) bond motifs is 1. The minimum atomic E-state index is -4.47. The molecule has 2 aliphatic rings. The average molecular weight is 476 g/mol. The molecule has 1 saturated heterocycles. The number of hydrogen-bond donors (Lipinski definition) is 1. The first kappa shape index (κ1) is 20.9. The van der Waals surface area contributed by atoms with E-state index in [1.54, 1.807) is 11.7 Å². The summed E-state index contributed by atoms with van der Waals surface area (Å²) >= 11 is 3.03. The number of methoxy groups -OCH3 is 1. The topological polar surface area (TPSA) is 50.3 Å². The second kappa shape index (κ2) is 8.07. The van der Waals surface area contributed by atoms with Gasteiger partial charge in [0.25, 0.3) is 0 Å². The standard InChI is InChI=1S/C20H25BrF3N3O2/c1-29-14-4-2-12(3-5-14)26-8-6-13(7-9-26)27-18-11-16(21)15(20(22,23)24)10-17(18)25-19(27)28/h10-14H,2-9H2,1H3,(H,25,28)/t12-,14+. The smallest absolute Gasteiger partial charge is 0.381 e. The second-order valence-electron chi connectivity index (χ2n) is 8.08. The highest BCUT2D eigenvalue weighted by atomic mass is 79.9. The van der Waals surface area contributed by atoms with Gasteiger partial charge < -0.3 is 14.6 Å². The van der Waals surface area contributed by atoms with E-state index >= 15 is 0 Å². The van der Waals surface area contributed by atoms with Crippen molar-refractivity contribution in [1.82, 2.24) is 14.5 Å². The summed E-state index contributed by atoms with van der Waals surface area (Å²) in [7, 11) is 1.77. The van der Waals surface area contributed by atoms with Gasteiger partial charge in [0.05, 0.1) is 22.7 Å². The number of nitrogens with one attached hydrogen (secondary N) is 1. The van der Waals surface area contributed by atoms with Gasteiger partial charge >= 0.3 is 11.9 Å². The first-order chi connectivity index (χ1) is 13.8. The molecule has 160 valence electrons. The van der Waals surface area contributed by atoms with Gasteiger partial charge in [0, 0.05) is 36.8 Å². The molecule has 1 aliphatic heterocycles. The number of ether oxygens (including phenoxy) is 1. The summed E-state index contributed by atoms with van der Waals surface area (Å²) in [5.74, 6) is 0. The van der Waals surface area contributed by atoms with Gasteiger partial charge in [-0.1, -0.05) is 15.9 Å². The third-order valence-corrected chi connectivity index (χ3v) is 7.12. The Labute approximate surface area is 175 Å². The van der Waals surface area contributed by atoms with Gasteiger partial charge in [0.1, 0.15) is 0 Å². The average Bonchev–Trinajstić information content (AvgIpc) is 3.01. The molecule has 1 N–H and O–H groups in total. The zero-order valence-corrected chi connectivity index (χ0v) is 17.9. The highest BCUT2D eigenvalue weighted by Crippen LogP contribution is 2.38. The van der Waals surface area contributed by atoms with Crippen LogP contribution in [0.15, 0.2) is 21.4 Å². The van der Waals surface area contributed by atoms with Crippen LogP contribution >= 0.6 is 15.9 Å². The van der Waals surface area contributed by atoms with Crippen molar-refractivity contribution in [3.05, 3.63) is 32.7 Å². The second-order valence-corrected chi connectivity index (χ2v) is 8.93. The Morgan fingerprint density at radius 3 is 2.31 bits per heavy atom. The first-order valence-electron chi connectivity index (χ1n) is 10.1. The molecule has 0 atom stereocenters. The molecule has 0 unspecified atom stereocenters. The molecular weight excluding hydrogens is 451 g/mol. The maximum atomic E-state index is 13.2. The van der Waals surface area contributed by atoms with E-state index in [2.05, 4.69) is 25.8 Å². The van der Waals surface area contributed by atoms with Crippen LogP contribution in [0.5, 0.6) is 0 Å². The molecule has 1 saturated carbocycles. The van der Waals surface area contributed by atoms with Gasteiger partial charge in [-0.2, -0.15) is 13.2 Å². The highest BCUT2D eigenvalue weighted by molar-refractivity contribution is 9.10. The van der Waals surface area contributed by atoms with Crippen molar-refractivity contribution in [2.45, 2.75) is 62.9 Å². The van der Waals surface area contributed by atoms with Gasteiger partial charge in [0.15, 0.2) is 0 Å². The number of aromatic amines is 1. The minimum absolute atomic E-state index is 0.00792. The van der Waals surface area contributed by atoms with Gasteiger partial charge in [-0.15, -0.1) is 0 Å². The number of nitrogens with zero attached hydrogens (tertiary/aromatic N) is 2. The van der Waals surface area contributed by atoms with E-state index in [0.29, 0.717) is 17.7 Å². The fraction of sp³-hybridized carbons (Fsp3) is 0.650. The van der Waals surface area contributed by atoms with Crippen molar-refractivity contribution >= 4 is 27.0 Å². The summed E-state index contributed by atoms with van der Waals surface area (Å²) in [5, 5.41) is 0. The van der Waals surface area contributed by atoms with E-state index < -0.39 is 11.7 Å². The SMILES string of the molecule is CO[C@H]1CC[C@@H](N2CCC(n3c(=O)[nH]c4cc(C(F)(F)F)c(Br)cc43)CC2)CC1. The molecule has 29 heavy (non-hydrogen) atoms. The Bertz CT molecular complexity index is 923. The van der Waals surface area contributed by atoms with Crippen LogP contribution in [0.2, 0.25) is 0 Å². The van der Waals surface area contributed by atoms with E-state index in [1.165, 1.54) is 6.07 Å². The van der Waals surface area contributed by atoms with Crippen LogP contribution in [-0.4, -0.2) is 46.8 Å². The van der Waals surface area contributed by atoms with Crippen molar-refractivity contribution in [3.63, 3.8) is 0 Å². The number of hydrogen-bond acceptors (Lipinski definition) is 3. The molecule has 2 fully saturated rings. The quantitative estimate of drug-likeness (QED) is 0.699. The predicted molar refractivity (Wildman–Crippen MR) is 108 cm³/mol. The van der Waals surface area contributed by atoms with Crippen LogP contribution in [0.1, 0.15) is 50.1 Å². The van der Waals surface area contributed by atoms with Crippen molar-refractivity contribution in [1.29, 1.82) is 0 Å². The number of imidazole rings is 1. The summed E-state index contributed by atoms with van der Waals surface area (Å²) in [6.45, 7) is 1.79. The summed E-state index contributed by atoms with van der Waals surface area (Å²) in [5.41, 5.74) is -0.370. The summed E-state index contributed by atoms with van der Waals surface area (Å²) in [6, 6.07) is 2.98. The fourth-order valence-corrected chi connectivity index (χ4v) is 5.44. The molecule has 0 amide bonds. The molecular formula is C20H25BrF3N3O2. The van der Waals surface area contributed by atoms with Gasteiger partial charge in [0.2, 0.25) is 0 Å². The molecule has 5 nitrogen and oxygen atoms in total. The first-order valence-corrected chi connectivity index (χ1v) is 10.8. The molecule has 9 heteroatoms. The normalized spacial score (nSPS) is 25.0. The van der Waals surface area contributed by atoms with Crippen molar-refractivity contribution < 1.29 is 17.9 Å². The number of likely N-dealkylation sites (tertiary alicyclic amines) is 1. The lowest BCUT2D eigenvalue weighted by Crippen LogP contribution is -2.45. The van der Waals surface area contributed by atoms with Gasteiger partial charge in [-0.25, -0.2) is 4.79 Å². The van der Waals surface area contributed by atoms with E-state index in [1.807, 2.05) is 0 Å². The number of halogens is 4. The molecule has 1 aliphatic carbocycles.